The van der Waals surface area contributed by atoms with Gasteiger partial charge in [0.2, 0.25) is 0 Å². The molecule has 0 saturated carbocycles. The van der Waals surface area contributed by atoms with Crippen molar-refractivity contribution in [3.05, 3.63) is 110 Å². The molecule has 0 fully saturated rings. The first-order valence-electron chi connectivity index (χ1n) is 10.1. The summed E-state index contributed by atoms with van der Waals surface area (Å²) in [4.78, 5) is 24.2. The molecule has 172 valence electrons. The van der Waals surface area contributed by atoms with Gasteiger partial charge in [0.15, 0.2) is 0 Å². The average molecular weight is 458 g/mol. The standard InChI is InChI=1S/C24H21F3N2O4/c1-3-33-23(30)21-19(13-12-16-8-5-4-6-9-16)28-15(2)22(29(31)32)20(21)17-10-7-11-18(14-17)24(25,26)27/h4-14,20,28H,3H2,1-2H3. The van der Waals surface area contributed by atoms with Crippen molar-refractivity contribution in [2.75, 3.05) is 6.61 Å². The Kier molecular flexibility index (Phi) is 7.01. The van der Waals surface area contributed by atoms with Gasteiger partial charge in [-0.2, -0.15) is 13.2 Å². The van der Waals surface area contributed by atoms with Crippen LogP contribution in [0.3, 0.4) is 0 Å². The Hall–Kier alpha value is -3.88. The number of ether oxygens (including phenoxy) is 1. The smallest absolute Gasteiger partial charge is 0.416 e. The minimum Gasteiger partial charge on any atom is -0.463 e. The number of dihydropyridines is 1. The Bertz CT molecular complexity index is 1150. The normalized spacial score (nSPS) is 16.7. The van der Waals surface area contributed by atoms with Gasteiger partial charge in [-0.25, -0.2) is 4.79 Å². The van der Waals surface area contributed by atoms with E-state index >= 15 is 0 Å². The van der Waals surface area contributed by atoms with E-state index < -0.39 is 34.2 Å². The first kappa shape index (κ1) is 23.8. The second-order valence-corrected chi connectivity index (χ2v) is 7.24. The van der Waals surface area contributed by atoms with Crippen molar-refractivity contribution in [3.8, 4) is 0 Å². The van der Waals surface area contributed by atoms with Gasteiger partial charge < -0.3 is 10.1 Å². The van der Waals surface area contributed by atoms with Crippen molar-refractivity contribution in [2.45, 2.75) is 25.9 Å². The molecule has 1 unspecified atom stereocenters. The molecule has 2 aromatic rings. The van der Waals surface area contributed by atoms with Crippen LogP contribution in [0.5, 0.6) is 0 Å². The maximum atomic E-state index is 13.4. The molecule has 1 aliphatic rings. The van der Waals surface area contributed by atoms with Gasteiger partial charge in [0.25, 0.3) is 5.70 Å². The highest BCUT2D eigenvalue weighted by Gasteiger charge is 2.42. The van der Waals surface area contributed by atoms with Gasteiger partial charge in [0.05, 0.1) is 34.1 Å². The summed E-state index contributed by atoms with van der Waals surface area (Å²) in [5, 5.41) is 14.8. The molecule has 1 aliphatic heterocycles. The molecule has 0 amide bonds. The predicted molar refractivity (Wildman–Crippen MR) is 116 cm³/mol. The van der Waals surface area contributed by atoms with E-state index in [0.717, 1.165) is 23.8 Å². The Morgan fingerprint density at radius 3 is 2.45 bits per heavy atom. The van der Waals surface area contributed by atoms with Crippen LogP contribution in [0.1, 0.15) is 36.5 Å². The summed E-state index contributed by atoms with van der Waals surface area (Å²) in [5.41, 5.74) is -0.442. The topological polar surface area (TPSA) is 81.5 Å². The van der Waals surface area contributed by atoms with E-state index in [9.17, 15) is 28.1 Å². The third-order valence-corrected chi connectivity index (χ3v) is 5.04. The van der Waals surface area contributed by atoms with Crippen LogP contribution in [0.2, 0.25) is 0 Å². The van der Waals surface area contributed by atoms with E-state index in [4.69, 9.17) is 4.74 Å². The molecular weight excluding hydrogens is 437 g/mol. The minimum atomic E-state index is -4.65. The van der Waals surface area contributed by atoms with Gasteiger partial charge >= 0.3 is 12.1 Å². The number of hydrogen-bond donors (Lipinski definition) is 1. The highest BCUT2D eigenvalue weighted by Crippen LogP contribution is 2.41. The molecule has 0 aliphatic carbocycles. The van der Waals surface area contributed by atoms with Crippen molar-refractivity contribution in [1.29, 1.82) is 0 Å². The molecule has 3 rings (SSSR count). The lowest BCUT2D eigenvalue weighted by Crippen LogP contribution is -2.32. The maximum absolute atomic E-state index is 13.4. The van der Waals surface area contributed by atoms with Crippen LogP contribution >= 0.6 is 0 Å². The zero-order valence-corrected chi connectivity index (χ0v) is 17.8. The van der Waals surface area contributed by atoms with E-state index in [0.29, 0.717) is 0 Å². The Morgan fingerprint density at radius 2 is 1.85 bits per heavy atom. The number of esters is 1. The van der Waals surface area contributed by atoms with E-state index in [1.54, 1.807) is 19.1 Å². The third kappa shape index (κ3) is 5.31. The SMILES string of the molecule is CCOC(=O)C1=C(C=Cc2ccccc2)NC(C)=C([N+](=O)[O-])C1c1cccc(C(F)(F)F)c1. The number of hydrogen-bond acceptors (Lipinski definition) is 5. The van der Waals surface area contributed by atoms with Crippen molar-refractivity contribution in [2.24, 2.45) is 0 Å². The van der Waals surface area contributed by atoms with Gasteiger partial charge in [-0.15, -0.1) is 0 Å². The molecular formula is C24H21F3N2O4. The molecule has 1 N–H and O–H groups in total. The molecule has 0 saturated heterocycles. The summed E-state index contributed by atoms with van der Waals surface area (Å²) in [5.74, 6) is -2.22. The van der Waals surface area contributed by atoms with Gasteiger partial charge in [-0.1, -0.05) is 54.6 Å². The van der Waals surface area contributed by atoms with Crippen LogP contribution in [0.15, 0.2) is 83.3 Å². The monoisotopic (exact) mass is 458 g/mol. The highest BCUT2D eigenvalue weighted by molar-refractivity contribution is 5.93. The number of allylic oxidation sites excluding steroid dienone is 3. The second kappa shape index (κ2) is 9.72. The number of alkyl halides is 3. The van der Waals surface area contributed by atoms with E-state index in [1.807, 2.05) is 30.3 Å². The van der Waals surface area contributed by atoms with Crippen LogP contribution in [-0.2, 0) is 15.7 Å². The number of nitrogens with one attached hydrogen (secondary N) is 1. The van der Waals surface area contributed by atoms with Gasteiger partial charge in [0, 0.05) is 0 Å². The first-order valence-corrected chi connectivity index (χ1v) is 10.1. The molecule has 0 spiro atoms. The maximum Gasteiger partial charge on any atom is 0.416 e. The lowest BCUT2D eigenvalue weighted by Gasteiger charge is -2.27. The number of carbonyl (C=O) groups excluding carboxylic acids is 1. The van der Waals surface area contributed by atoms with Crippen LogP contribution in [0.25, 0.3) is 6.08 Å². The fourth-order valence-corrected chi connectivity index (χ4v) is 3.62. The molecule has 1 heterocycles. The minimum absolute atomic E-state index is 0.0101. The molecule has 9 heteroatoms. The quantitative estimate of drug-likeness (QED) is 0.355. The number of nitro groups is 1. The van der Waals surface area contributed by atoms with Crippen LogP contribution < -0.4 is 5.32 Å². The highest BCUT2D eigenvalue weighted by atomic mass is 19.4. The zero-order valence-electron chi connectivity index (χ0n) is 17.8. The van der Waals surface area contributed by atoms with Crippen molar-refractivity contribution in [3.63, 3.8) is 0 Å². The number of rotatable bonds is 6. The Balaban J connectivity index is 2.24. The summed E-state index contributed by atoms with van der Waals surface area (Å²) in [7, 11) is 0. The summed E-state index contributed by atoms with van der Waals surface area (Å²) >= 11 is 0. The van der Waals surface area contributed by atoms with E-state index in [2.05, 4.69) is 5.32 Å². The molecule has 33 heavy (non-hydrogen) atoms. The molecule has 1 atom stereocenters. The Labute approximate surface area is 188 Å². The van der Waals surface area contributed by atoms with Crippen LogP contribution in [0, 0.1) is 10.1 Å². The second-order valence-electron chi connectivity index (χ2n) is 7.24. The fraction of sp³-hybridized carbons (Fsp3) is 0.208. The molecule has 0 aromatic heterocycles. The van der Waals surface area contributed by atoms with Gasteiger partial charge in [-0.05, 0) is 37.1 Å². The largest absolute Gasteiger partial charge is 0.463 e. The Morgan fingerprint density at radius 1 is 1.15 bits per heavy atom. The molecule has 6 nitrogen and oxygen atoms in total. The molecule has 0 bridgehead atoms. The van der Waals surface area contributed by atoms with Crippen LogP contribution in [0.4, 0.5) is 13.2 Å². The number of halogens is 3. The number of benzene rings is 2. The van der Waals surface area contributed by atoms with E-state index in [-0.39, 0.29) is 29.1 Å². The van der Waals surface area contributed by atoms with Crippen LogP contribution in [-0.4, -0.2) is 17.5 Å². The average Bonchev–Trinajstić information content (AvgIpc) is 2.77. The molecule has 2 aromatic carbocycles. The summed E-state index contributed by atoms with van der Waals surface area (Å²) in [6, 6.07) is 13.3. The zero-order chi connectivity index (χ0) is 24.2. The fourth-order valence-electron chi connectivity index (χ4n) is 3.62. The first-order chi connectivity index (χ1) is 15.6. The van der Waals surface area contributed by atoms with Gasteiger partial charge in [0.1, 0.15) is 5.92 Å². The number of nitrogens with zero attached hydrogens (tertiary/aromatic N) is 1. The van der Waals surface area contributed by atoms with Crippen molar-refractivity contribution >= 4 is 12.0 Å². The summed E-state index contributed by atoms with van der Waals surface area (Å²) in [6.45, 7) is 3.00. The number of carbonyl (C=O) groups is 1. The summed E-state index contributed by atoms with van der Waals surface area (Å²) in [6.07, 6.45) is -1.40. The lowest BCUT2D eigenvalue weighted by molar-refractivity contribution is -0.431. The predicted octanol–water partition coefficient (Wildman–Crippen LogP) is 5.43. The lowest BCUT2D eigenvalue weighted by atomic mass is 9.83. The van der Waals surface area contributed by atoms with Crippen molar-refractivity contribution < 1.29 is 27.6 Å². The summed E-state index contributed by atoms with van der Waals surface area (Å²) < 4.78 is 45.2. The van der Waals surface area contributed by atoms with Gasteiger partial charge in [-0.3, -0.25) is 10.1 Å². The van der Waals surface area contributed by atoms with E-state index in [1.165, 1.54) is 13.0 Å². The molecule has 0 radical (unpaired) electrons. The van der Waals surface area contributed by atoms with Crippen molar-refractivity contribution in [1.82, 2.24) is 5.32 Å². The third-order valence-electron chi connectivity index (χ3n) is 5.04.